The predicted molar refractivity (Wildman–Crippen MR) is 90.6 cm³/mol. The molecule has 0 aliphatic heterocycles. The van der Waals surface area contributed by atoms with Crippen LogP contribution in [0.5, 0.6) is 0 Å². The zero-order chi connectivity index (χ0) is 13.8. The van der Waals surface area contributed by atoms with Crippen molar-refractivity contribution in [3.05, 3.63) is 34.7 Å². The summed E-state index contributed by atoms with van der Waals surface area (Å²) in [6, 6.07) is 9.72. The van der Waals surface area contributed by atoms with Crippen LogP contribution in [0.1, 0.15) is 36.8 Å². The van der Waals surface area contributed by atoms with E-state index in [9.17, 15) is 0 Å². The van der Waals surface area contributed by atoms with Crippen LogP contribution in [0, 0.1) is 6.92 Å². The second-order valence-corrected chi connectivity index (χ2v) is 7.23. The van der Waals surface area contributed by atoms with Crippen LogP contribution in [0.2, 0.25) is 0 Å². The molecule has 0 amide bonds. The minimum atomic E-state index is 0.439. The van der Waals surface area contributed by atoms with Crippen LogP contribution < -0.4 is 5.32 Å². The van der Waals surface area contributed by atoms with Gasteiger partial charge in [0.1, 0.15) is 0 Å². The molecule has 1 N–H and O–H groups in total. The maximum absolute atomic E-state index is 3.73. The largest absolute Gasteiger partial charge is 0.307 e. The van der Waals surface area contributed by atoms with E-state index in [1.165, 1.54) is 32.7 Å². The highest BCUT2D eigenvalue weighted by atomic mass is 32.2. The van der Waals surface area contributed by atoms with Crippen LogP contribution in [0.4, 0.5) is 0 Å². The Labute approximate surface area is 124 Å². The summed E-state index contributed by atoms with van der Waals surface area (Å²) in [5, 5.41) is 5.14. The number of rotatable bonds is 6. The van der Waals surface area contributed by atoms with E-state index < -0.39 is 0 Å². The molecule has 2 rings (SSSR count). The van der Waals surface area contributed by atoms with Gasteiger partial charge < -0.3 is 5.32 Å². The third-order valence-electron chi connectivity index (χ3n) is 3.56. The number of benzene rings is 1. The van der Waals surface area contributed by atoms with E-state index in [1.54, 1.807) is 0 Å². The van der Waals surface area contributed by atoms with E-state index in [0.29, 0.717) is 12.1 Å². The fourth-order valence-electron chi connectivity index (χ4n) is 2.49. The molecule has 1 aromatic carbocycles. The predicted octanol–water partition coefficient (Wildman–Crippen LogP) is 5.00. The fourth-order valence-corrected chi connectivity index (χ4v) is 4.30. The van der Waals surface area contributed by atoms with Gasteiger partial charge in [0.25, 0.3) is 0 Å². The molecule has 1 heterocycles. The molecule has 2 aromatic rings. The van der Waals surface area contributed by atoms with Gasteiger partial charge in [-0.1, -0.05) is 18.2 Å². The smallest absolute Gasteiger partial charge is 0.0391 e. The summed E-state index contributed by atoms with van der Waals surface area (Å²) >= 11 is 3.85. The third-order valence-corrected chi connectivity index (χ3v) is 5.66. The zero-order valence-corrected chi connectivity index (χ0v) is 13.8. The first-order chi connectivity index (χ1) is 9.13. The minimum Gasteiger partial charge on any atom is -0.307 e. The average Bonchev–Trinajstić information content (AvgIpc) is 2.74. The first kappa shape index (κ1) is 14.9. The van der Waals surface area contributed by atoms with Crippen molar-refractivity contribution in [2.75, 3.05) is 12.0 Å². The Hall–Kier alpha value is -0.510. The molecule has 2 unspecified atom stereocenters. The molecule has 2 atom stereocenters. The number of fused-ring (bicyclic) bond motifs is 1. The van der Waals surface area contributed by atoms with Gasteiger partial charge in [0.2, 0.25) is 0 Å². The lowest BCUT2D eigenvalue weighted by Gasteiger charge is -2.19. The summed E-state index contributed by atoms with van der Waals surface area (Å²) in [5.74, 6) is 1.23. The van der Waals surface area contributed by atoms with Crippen molar-refractivity contribution >= 4 is 33.2 Å². The van der Waals surface area contributed by atoms with E-state index >= 15 is 0 Å². The van der Waals surface area contributed by atoms with Crippen LogP contribution in [-0.2, 0) is 0 Å². The van der Waals surface area contributed by atoms with Crippen LogP contribution in [0.3, 0.4) is 0 Å². The average molecular weight is 294 g/mol. The number of thiophene rings is 1. The number of hydrogen-bond acceptors (Lipinski definition) is 3. The summed E-state index contributed by atoms with van der Waals surface area (Å²) < 4.78 is 1.40. The number of aryl methyl sites for hydroxylation is 1. The monoisotopic (exact) mass is 293 g/mol. The molecule has 1 aromatic heterocycles. The summed E-state index contributed by atoms with van der Waals surface area (Å²) in [5.41, 5.74) is 1.44. The van der Waals surface area contributed by atoms with Gasteiger partial charge >= 0.3 is 0 Å². The quantitative estimate of drug-likeness (QED) is 0.804. The summed E-state index contributed by atoms with van der Waals surface area (Å²) in [6.45, 7) is 6.82. The Morgan fingerprint density at radius 3 is 2.68 bits per heavy atom. The van der Waals surface area contributed by atoms with Gasteiger partial charge in [-0.2, -0.15) is 11.8 Å². The summed E-state index contributed by atoms with van der Waals surface area (Å²) in [4.78, 5) is 1.48. The molecule has 0 fully saturated rings. The molecule has 0 spiro atoms. The van der Waals surface area contributed by atoms with Gasteiger partial charge in [0, 0.05) is 21.7 Å². The van der Waals surface area contributed by atoms with E-state index in [1.807, 2.05) is 23.1 Å². The lowest BCUT2D eigenvalue weighted by Crippen LogP contribution is -2.29. The lowest BCUT2D eigenvalue weighted by molar-refractivity contribution is 0.475. The summed E-state index contributed by atoms with van der Waals surface area (Å²) in [6.07, 6.45) is 3.40. The topological polar surface area (TPSA) is 12.0 Å². The van der Waals surface area contributed by atoms with Gasteiger partial charge in [-0.05, 0) is 56.2 Å². The first-order valence-corrected chi connectivity index (χ1v) is 9.07. The number of hydrogen-bond donors (Lipinski definition) is 1. The van der Waals surface area contributed by atoms with Crippen molar-refractivity contribution in [3.63, 3.8) is 0 Å². The Morgan fingerprint density at radius 2 is 2.00 bits per heavy atom. The molecule has 0 bridgehead atoms. The summed E-state index contributed by atoms with van der Waals surface area (Å²) in [7, 11) is 0. The van der Waals surface area contributed by atoms with Crippen molar-refractivity contribution in [1.29, 1.82) is 0 Å². The van der Waals surface area contributed by atoms with Gasteiger partial charge in [-0.3, -0.25) is 0 Å². The maximum atomic E-state index is 3.73. The highest BCUT2D eigenvalue weighted by Gasteiger charge is 2.15. The maximum Gasteiger partial charge on any atom is 0.0391 e. The van der Waals surface area contributed by atoms with Crippen LogP contribution in [0.15, 0.2) is 24.3 Å². The van der Waals surface area contributed by atoms with Crippen molar-refractivity contribution in [3.8, 4) is 0 Å². The van der Waals surface area contributed by atoms with E-state index in [4.69, 9.17) is 0 Å². The third kappa shape index (κ3) is 3.53. The van der Waals surface area contributed by atoms with Crippen LogP contribution >= 0.6 is 23.1 Å². The standard InChI is InChI=1S/C16H23NS2/c1-11(9-10-18-4)17-13(3)16-12(2)14-7-5-6-8-15(14)19-16/h5-8,11,13,17H,9-10H2,1-4H3. The molecule has 3 heteroatoms. The highest BCUT2D eigenvalue weighted by molar-refractivity contribution is 7.98. The molecular formula is C16H23NS2. The fraction of sp³-hybridized carbons (Fsp3) is 0.500. The second-order valence-electron chi connectivity index (χ2n) is 5.16. The van der Waals surface area contributed by atoms with Gasteiger partial charge in [-0.15, -0.1) is 11.3 Å². The molecule has 0 aliphatic rings. The molecule has 19 heavy (non-hydrogen) atoms. The highest BCUT2D eigenvalue weighted by Crippen LogP contribution is 2.34. The molecule has 104 valence electrons. The second kappa shape index (κ2) is 6.78. The van der Waals surface area contributed by atoms with E-state index in [2.05, 4.69) is 56.6 Å². The molecule has 0 aliphatic carbocycles. The van der Waals surface area contributed by atoms with Gasteiger partial charge in [0.05, 0.1) is 0 Å². The van der Waals surface area contributed by atoms with Crippen molar-refractivity contribution in [1.82, 2.24) is 5.32 Å². The lowest BCUT2D eigenvalue weighted by atomic mass is 10.1. The van der Waals surface area contributed by atoms with Gasteiger partial charge in [-0.25, -0.2) is 0 Å². The van der Waals surface area contributed by atoms with Crippen LogP contribution in [0.25, 0.3) is 10.1 Å². The van der Waals surface area contributed by atoms with E-state index in [-0.39, 0.29) is 0 Å². The first-order valence-electron chi connectivity index (χ1n) is 6.86. The zero-order valence-electron chi connectivity index (χ0n) is 12.2. The minimum absolute atomic E-state index is 0.439. The molecule has 1 nitrogen and oxygen atoms in total. The Balaban J connectivity index is 2.12. The molecular weight excluding hydrogens is 270 g/mol. The van der Waals surface area contributed by atoms with Crippen molar-refractivity contribution in [2.24, 2.45) is 0 Å². The number of nitrogens with one attached hydrogen (secondary N) is 1. The normalized spacial score (nSPS) is 14.7. The Bertz CT molecular complexity index is 533. The van der Waals surface area contributed by atoms with Gasteiger partial charge in [0.15, 0.2) is 0 Å². The molecule has 0 saturated heterocycles. The van der Waals surface area contributed by atoms with Crippen molar-refractivity contribution in [2.45, 2.75) is 39.3 Å². The number of thioether (sulfide) groups is 1. The Morgan fingerprint density at radius 1 is 1.26 bits per heavy atom. The van der Waals surface area contributed by atoms with E-state index in [0.717, 1.165) is 0 Å². The Kier molecular flexibility index (Phi) is 5.31. The van der Waals surface area contributed by atoms with Crippen LogP contribution in [-0.4, -0.2) is 18.1 Å². The van der Waals surface area contributed by atoms with Crippen molar-refractivity contribution < 1.29 is 0 Å². The molecule has 0 saturated carbocycles. The molecule has 0 radical (unpaired) electrons. The SMILES string of the molecule is CSCCC(C)NC(C)c1sc2ccccc2c1C.